The van der Waals surface area contributed by atoms with E-state index in [9.17, 15) is 0 Å². The van der Waals surface area contributed by atoms with Gasteiger partial charge in [0.05, 0.1) is 16.3 Å². The van der Waals surface area contributed by atoms with Crippen LogP contribution in [0.1, 0.15) is 23.4 Å². The molecule has 0 aromatic rings. The van der Waals surface area contributed by atoms with E-state index >= 15 is 0 Å². The fraction of sp³-hybridized carbons (Fsp3) is 0.818. The van der Waals surface area contributed by atoms with Gasteiger partial charge in [-0.2, -0.15) is 0 Å². The summed E-state index contributed by atoms with van der Waals surface area (Å²) >= 11 is 0. The molecule has 0 spiro atoms. The highest BCUT2D eigenvalue weighted by Gasteiger charge is 2.34. The van der Waals surface area contributed by atoms with Crippen LogP contribution in [0.5, 0.6) is 0 Å². The zero-order chi connectivity index (χ0) is 11.8. The Balaban J connectivity index is 2.10. The van der Waals surface area contributed by atoms with Gasteiger partial charge in [-0.15, -0.1) is 0 Å². The van der Waals surface area contributed by atoms with Crippen LogP contribution in [0.2, 0.25) is 0 Å². The van der Waals surface area contributed by atoms with Crippen LogP contribution in [-0.2, 0) is 9.47 Å². The van der Waals surface area contributed by atoms with E-state index in [4.69, 9.17) is 13.6 Å². The summed E-state index contributed by atoms with van der Waals surface area (Å²) in [5.41, 5.74) is 0. The summed E-state index contributed by atoms with van der Waals surface area (Å²) in [5.74, 6) is 0.656. The van der Waals surface area contributed by atoms with Crippen LogP contribution in [0.15, 0.2) is 12.2 Å². The lowest BCUT2D eigenvalue weighted by atomic mass is 9.89. The van der Waals surface area contributed by atoms with Crippen LogP contribution in [0, 0.1) is 11.8 Å². The summed E-state index contributed by atoms with van der Waals surface area (Å²) in [6.45, 7) is 0. The second-order valence-electron chi connectivity index (χ2n) is 3.96. The molecule has 3 aliphatic rings. The first-order valence-corrected chi connectivity index (χ1v) is 4.88. The van der Waals surface area contributed by atoms with Gasteiger partial charge in [-0.25, -0.2) is 0 Å². The topological polar surface area (TPSA) is 18.5 Å². The molecule has 1 saturated carbocycles. The normalized spacial score (nSPS) is 47.9. The van der Waals surface area contributed by atoms with Crippen LogP contribution < -0.4 is 0 Å². The van der Waals surface area contributed by atoms with Crippen molar-refractivity contribution in [2.24, 2.45) is 11.8 Å². The monoisotopic (exact) mass is 185 g/mol. The summed E-state index contributed by atoms with van der Waals surface area (Å²) in [4.78, 5) is 0. The molecule has 2 nitrogen and oxygen atoms in total. The number of hydrogen-bond acceptors (Lipinski definition) is 2. The minimum absolute atomic E-state index is 0.0936. The lowest BCUT2D eigenvalue weighted by Crippen LogP contribution is -2.25. The minimum atomic E-state index is -2.31. The Morgan fingerprint density at radius 3 is 2.23 bits per heavy atom. The molecule has 13 heavy (non-hydrogen) atoms. The van der Waals surface area contributed by atoms with Gasteiger partial charge >= 0.3 is 0 Å². The Morgan fingerprint density at radius 1 is 1.15 bits per heavy atom. The lowest BCUT2D eigenvalue weighted by molar-refractivity contribution is 0.00703. The number of ether oxygens (including phenoxy) is 2. The molecular weight excluding hydrogens is 164 g/mol. The van der Waals surface area contributed by atoms with Gasteiger partial charge in [0, 0.05) is 32.4 Å². The van der Waals surface area contributed by atoms with Gasteiger partial charge in [0.2, 0.25) is 0 Å². The van der Waals surface area contributed by atoms with Gasteiger partial charge in [-0.1, -0.05) is 12.2 Å². The van der Waals surface area contributed by atoms with Crippen molar-refractivity contribution >= 4 is 0 Å². The predicted octanol–water partition coefficient (Wildman–Crippen LogP) is 2.00. The molecule has 0 unspecified atom stereocenters. The highest BCUT2D eigenvalue weighted by molar-refractivity contribution is 5.07. The van der Waals surface area contributed by atoms with Crippen molar-refractivity contribution in [1.82, 2.24) is 0 Å². The summed E-state index contributed by atoms with van der Waals surface area (Å²) < 4.78 is 32.2. The average Bonchev–Trinajstić information content (AvgIpc) is 2.46. The van der Waals surface area contributed by atoms with Crippen LogP contribution >= 0.6 is 0 Å². The molecule has 0 aromatic heterocycles. The summed E-state index contributed by atoms with van der Waals surface area (Å²) in [6.07, 6.45) is 6.87. The van der Waals surface area contributed by atoms with Crippen molar-refractivity contribution in [3.8, 4) is 0 Å². The molecule has 2 heteroatoms. The third-order valence-electron chi connectivity index (χ3n) is 3.31. The molecule has 0 heterocycles. The standard InChI is InChI=1S/C11H18O2/c1-12-10-7-11(13-2)9-5-3-8(10)4-6-9/h3,5,8-11H,4,6-7H2,1-2H3/t8-,9+,10-,11+/i1D3/m1/s1. The molecule has 1 fully saturated rings. The van der Waals surface area contributed by atoms with Crippen LogP contribution in [0.4, 0.5) is 0 Å². The molecule has 3 aliphatic carbocycles. The van der Waals surface area contributed by atoms with E-state index in [0.29, 0.717) is 12.3 Å². The maximum Gasteiger partial charge on any atom is 0.0658 e. The Labute approximate surface area is 84.1 Å². The van der Waals surface area contributed by atoms with Gasteiger partial charge in [0.1, 0.15) is 0 Å². The summed E-state index contributed by atoms with van der Waals surface area (Å²) in [7, 11) is -0.622. The first-order valence-electron chi connectivity index (χ1n) is 6.38. The van der Waals surface area contributed by atoms with E-state index in [0.717, 1.165) is 12.8 Å². The fourth-order valence-corrected chi connectivity index (χ4v) is 2.47. The first kappa shape index (κ1) is 6.20. The molecule has 0 saturated heterocycles. The van der Waals surface area contributed by atoms with Crippen molar-refractivity contribution in [2.45, 2.75) is 31.5 Å². The van der Waals surface area contributed by atoms with Crippen molar-refractivity contribution in [3.05, 3.63) is 12.2 Å². The van der Waals surface area contributed by atoms with Gasteiger partial charge in [0.15, 0.2) is 0 Å². The van der Waals surface area contributed by atoms with Crippen molar-refractivity contribution in [1.29, 1.82) is 0 Å². The van der Waals surface area contributed by atoms with Crippen LogP contribution in [-0.4, -0.2) is 26.4 Å². The number of rotatable bonds is 2. The van der Waals surface area contributed by atoms with Gasteiger partial charge in [-0.05, 0) is 12.8 Å². The van der Waals surface area contributed by atoms with E-state index < -0.39 is 7.04 Å². The van der Waals surface area contributed by atoms with Crippen molar-refractivity contribution in [2.75, 3.05) is 14.1 Å². The second-order valence-corrected chi connectivity index (χ2v) is 3.96. The molecule has 4 atom stereocenters. The third-order valence-corrected chi connectivity index (χ3v) is 3.31. The van der Waals surface area contributed by atoms with E-state index in [1.165, 1.54) is 0 Å². The molecule has 0 amide bonds. The Hall–Kier alpha value is -0.340. The second kappa shape index (κ2) is 3.81. The highest BCUT2D eigenvalue weighted by Crippen LogP contribution is 2.36. The number of methoxy groups -OCH3 is 2. The molecule has 0 N–H and O–H groups in total. The third kappa shape index (κ3) is 1.65. The number of hydrogen-bond donors (Lipinski definition) is 0. The van der Waals surface area contributed by atoms with Crippen LogP contribution in [0.3, 0.4) is 0 Å². The van der Waals surface area contributed by atoms with Gasteiger partial charge < -0.3 is 9.47 Å². The maximum absolute atomic E-state index is 7.19. The Morgan fingerprint density at radius 2 is 1.77 bits per heavy atom. The van der Waals surface area contributed by atoms with Crippen molar-refractivity contribution in [3.63, 3.8) is 0 Å². The highest BCUT2D eigenvalue weighted by atomic mass is 16.5. The van der Waals surface area contributed by atoms with Crippen LogP contribution in [0.25, 0.3) is 0 Å². The van der Waals surface area contributed by atoms with E-state index in [1.807, 2.05) is 0 Å². The van der Waals surface area contributed by atoms with Crippen molar-refractivity contribution < 1.29 is 13.6 Å². The van der Waals surface area contributed by atoms with Gasteiger partial charge in [0.25, 0.3) is 0 Å². The molecule has 2 bridgehead atoms. The SMILES string of the molecule is [2H]C([2H])([2H])O[C@@H]1C[C@H](OC)[C@H]2C=C[C@@H]1CC2. The van der Waals surface area contributed by atoms with E-state index in [-0.39, 0.29) is 18.1 Å². The molecule has 0 aromatic carbocycles. The zero-order valence-corrected chi connectivity index (χ0v) is 7.90. The van der Waals surface area contributed by atoms with E-state index in [2.05, 4.69) is 12.2 Å². The largest absolute Gasteiger partial charge is 0.381 e. The molecule has 3 rings (SSSR count). The molecule has 74 valence electrons. The molecular formula is C11H18O2. The predicted molar refractivity (Wildman–Crippen MR) is 51.6 cm³/mol. The van der Waals surface area contributed by atoms with Gasteiger partial charge in [-0.3, -0.25) is 0 Å². The zero-order valence-electron chi connectivity index (χ0n) is 10.9. The maximum atomic E-state index is 7.19. The lowest BCUT2D eigenvalue weighted by Gasteiger charge is -2.21. The molecule has 0 radical (unpaired) electrons. The fourth-order valence-electron chi connectivity index (χ4n) is 2.47. The number of fused-ring (bicyclic) bond motifs is 3. The Kier molecular flexibility index (Phi) is 1.82. The first-order chi connectivity index (χ1) is 7.49. The average molecular weight is 185 g/mol. The minimum Gasteiger partial charge on any atom is -0.381 e. The van der Waals surface area contributed by atoms with E-state index in [1.54, 1.807) is 7.11 Å². The summed E-state index contributed by atoms with van der Waals surface area (Å²) in [5, 5.41) is 0. The Bertz CT molecular complexity index is 275. The summed E-state index contributed by atoms with van der Waals surface area (Å²) in [6, 6.07) is 0. The smallest absolute Gasteiger partial charge is 0.0658 e. The molecule has 0 aliphatic heterocycles. The quantitative estimate of drug-likeness (QED) is 0.613.